The molecule has 1 heterocycles. The van der Waals surface area contributed by atoms with Gasteiger partial charge in [0.05, 0.1) is 11.4 Å². The first-order chi connectivity index (χ1) is 14.9. The van der Waals surface area contributed by atoms with E-state index < -0.39 is 0 Å². The molecule has 4 rings (SSSR count). The van der Waals surface area contributed by atoms with Crippen LogP contribution in [0.25, 0.3) is 0 Å². The van der Waals surface area contributed by atoms with Gasteiger partial charge in [0, 0.05) is 5.56 Å². The molecule has 0 N–H and O–H groups in total. The maximum absolute atomic E-state index is 5.02. The van der Waals surface area contributed by atoms with Crippen molar-refractivity contribution in [1.29, 1.82) is 0 Å². The molecule has 0 saturated heterocycles. The molecule has 0 fully saturated rings. The summed E-state index contributed by atoms with van der Waals surface area (Å²) >= 11 is 0. The number of hydrazone groups is 1. The second kappa shape index (κ2) is 9.97. The van der Waals surface area contributed by atoms with E-state index in [0.717, 1.165) is 35.6 Å². The fourth-order valence-electron chi connectivity index (χ4n) is 3.78. The van der Waals surface area contributed by atoms with E-state index in [0.29, 0.717) is 0 Å². The molecule has 1 aliphatic heterocycles. The molecule has 0 bridgehead atoms. The Balaban J connectivity index is 1.74. The summed E-state index contributed by atoms with van der Waals surface area (Å²) in [6.45, 7) is 2.25. The summed E-state index contributed by atoms with van der Waals surface area (Å²) in [7, 11) is 0. The zero-order valence-electron chi connectivity index (χ0n) is 17.6. The Hall–Kier alpha value is -3.27. The predicted octanol–water partition coefficient (Wildman–Crippen LogP) is 6.19. The number of amidine groups is 1. The lowest BCUT2D eigenvalue weighted by Gasteiger charge is -2.42. The molecule has 1 radical (unpaired) electrons. The quantitative estimate of drug-likeness (QED) is 0.425. The van der Waals surface area contributed by atoms with Crippen LogP contribution in [0, 0.1) is 0 Å². The van der Waals surface area contributed by atoms with Crippen molar-refractivity contribution in [2.75, 3.05) is 10.0 Å². The molecular formula is C26H29N4. The summed E-state index contributed by atoms with van der Waals surface area (Å²) in [6.07, 6.45) is 5.91. The smallest absolute Gasteiger partial charge is 0.199 e. The van der Waals surface area contributed by atoms with Gasteiger partial charge in [-0.15, -0.1) is 10.5 Å². The standard InChI is InChI=1S/C26H29N4/c1-2-3-4-14-21-25-29(23-17-10-6-11-18-23)27-26(22-15-8-5-9-16-22)28-30(25)24-19-12-7-13-20-24/h5-13,15-20,25H,2-4,14,21H2,1H3. The summed E-state index contributed by atoms with van der Waals surface area (Å²) in [4.78, 5) is 0. The molecule has 30 heavy (non-hydrogen) atoms. The highest BCUT2D eigenvalue weighted by Crippen LogP contribution is 2.29. The number of hydrogen-bond donors (Lipinski definition) is 0. The third-order valence-corrected chi connectivity index (χ3v) is 5.36. The molecule has 0 spiro atoms. The van der Waals surface area contributed by atoms with Crippen molar-refractivity contribution >= 4 is 17.2 Å². The van der Waals surface area contributed by atoms with E-state index in [1.54, 1.807) is 0 Å². The van der Waals surface area contributed by atoms with Gasteiger partial charge in [0.2, 0.25) is 0 Å². The number of unbranched alkanes of at least 4 members (excludes halogenated alkanes) is 3. The fourth-order valence-corrected chi connectivity index (χ4v) is 3.78. The van der Waals surface area contributed by atoms with E-state index in [2.05, 4.69) is 77.6 Å². The Morgan fingerprint density at radius 3 is 1.83 bits per heavy atom. The Morgan fingerprint density at radius 1 is 0.667 bits per heavy atom. The van der Waals surface area contributed by atoms with Crippen molar-refractivity contribution in [2.45, 2.75) is 45.2 Å². The largest absolute Gasteiger partial charge is 0.239 e. The van der Waals surface area contributed by atoms with Crippen LogP contribution < -0.4 is 15.4 Å². The zero-order valence-corrected chi connectivity index (χ0v) is 17.6. The second-order valence-electron chi connectivity index (χ2n) is 7.58. The number of rotatable bonds is 8. The minimum absolute atomic E-state index is 0.0409. The highest BCUT2D eigenvalue weighted by molar-refractivity contribution is 6.00. The predicted molar refractivity (Wildman–Crippen MR) is 126 cm³/mol. The number of para-hydroxylation sites is 2. The van der Waals surface area contributed by atoms with Gasteiger partial charge >= 0.3 is 0 Å². The van der Waals surface area contributed by atoms with Gasteiger partial charge in [-0.25, -0.2) is 10.0 Å². The topological polar surface area (TPSA) is 32.9 Å². The molecule has 0 aromatic heterocycles. The lowest BCUT2D eigenvalue weighted by molar-refractivity contribution is 0.459. The molecule has 1 aliphatic rings. The molecule has 153 valence electrons. The van der Waals surface area contributed by atoms with Gasteiger partial charge in [-0.2, -0.15) is 0 Å². The SMILES string of the molecule is CCCCCCC1N(c2ccccc2)[N]C(c2ccccc2)=NN1c1ccccc1. The number of benzene rings is 3. The Kier molecular flexibility index (Phi) is 6.65. The van der Waals surface area contributed by atoms with Crippen LogP contribution in [0.1, 0.15) is 44.6 Å². The first-order valence-corrected chi connectivity index (χ1v) is 10.9. The van der Waals surface area contributed by atoms with Crippen LogP contribution in [0.3, 0.4) is 0 Å². The van der Waals surface area contributed by atoms with Crippen LogP contribution in [-0.4, -0.2) is 12.0 Å². The molecule has 3 aromatic rings. The maximum Gasteiger partial charge on any atom is 0.199 e. The van der Waals surface area contributed by atoms with Crippen molar-refractivity contribution in [1.82, 2.24) is 5.43 Å². The van der Waals surface area contributed by atoms with Gasteiger partial charge in [0.25, 0.3) is 0 Å². The minimum Gasteiger partial charge on any atom is -0.239 e. The molecule has 0 aliphatic carbocycles. The van der Waals surface area contributed by atoms with Gasteiger partial charge in [-0.3, -0.25) is 0 Å². The van der Waals surface area contributed by atoms with E-state index in [9.17, 15) is 0 Å². The summed E-state index contributed by atoms with van der Waals surface area (Å²) in [5.74, 6) is 0.730. The zero-order chi connectivity index (χ0) is 20.6. The first-order valence-electron chi connectivity index (χ1n) is 10.9. The maximum atomic E-state index is 5.02. The summed E-state index contributed by atoms with van der Waals surface area (Å²) in [6, 6.07) is 31.1. The highest BCUT2D eigenvalue weighted by atomic mass is 15.7. The van der Waals surface area contributed by atoms with Gasteiger partial charge in [0.1, 0.15) is 6.17 Å². The minimum atomic E-state index is 0.0409. The normalized spacial score (nSPS) is 16.2. The summed E-state index contributed by atoms with van der Waals surface area (Å²) in [5, 5.41) is 9.31. The summed E-state index contributed by atoms with van der Waals surface area (Å²) in [5.41, 5.74) is 8.21. The average Bonchev–Trinajstić information content (AvgIpc) is 2.83. The molecule has 1 unspecified atom stereocenters. The van der Waals surface area contributed by atoms with Crippen molar-refractivity contribution in [3.05, 3.63) is 96.6 Å². The van der Waals surface area contributed by atoms with Gasteiger partial charge in [-0.05, 0) is 37.1 Å². The van der Waals surface area contributed by atoms with Crippen LogP contribution in [0.4, 0.5) is 11.4 Å². The van der Waals surface area contributed by atoms with Gasteiger partial charge in [0.15, 0.2) is 5.84 Å². The van der Waals surface area contributed by atoms with Crippen molar-refractivity contribution in [3.63, 3.8) is 0 Å². The molecule has 4 heteroatoms. The molecule has 0 saturated carbocycles. The van der Waals surface area contributed by atoms with E-state index in [-0.39, 0.29) is 6.17 Å². The highest BCUT2D eigenvalue weighted by Gasteiger charge is 2.33. The average molecular weight is 398 g/mol. The molecule has 0 amide bonds. The Labute approximate surface area is 179 Å². The number of nitrogens with zero attached hydrogens (tertiary/aromatic N) is 4. The van der Waals surface area contributed by atoms with Crippen LogP contribution >= 0.6 is 0 Å². The van der Waals surface area contributed by atoms with E-state index in [1.807, 2.05) is 30.3 Å². The van der Waals surface area contributed by atoms with Crippen LogP contribution in [-0.2, 0) is 0 Å². The van der Waals surface area contributed by atoms with Crippen LogP contribution in [0.15, 0.2) is 96.1 Å². The molecule has 1 atom stereocenters. The summed E-state index contributed by atoms with van der Waals surface area (Å²) < 4.78 is 0. The second-order valence-corrected chi connectivity index (χ2v) is 7.58. The third-order valence-electron chi connectivity index (χ3n) is 5.36. The van der Waals surface area contributed by atoms with Crippen molar-refractivity contribution in [2.24, 2.45) is 5.10 Å². The fraction of sp³-hybridized carbons (Fsp3) is 0.269. The lowest BCUT2D eigenvalue weighted by atomic mass is 10.1. The van der Waals surface area contributed by atoms with Crippen LogP contribution in [0.2, 0.25) is 0 Å². The van der Waals surface area contributed by atoms with E-state index in [4.69, 9.17) is 10.5 Å². The molecular weight excluding hydrogens is 368 g/mol. The molecule has 3 aromatic carbocycles. The van der Waals surface area contributed by atoms with Crippen molar-refractivity contribution < 1.29 is 0 Å². The van der Waals surface area contributed by atoms with Gasteiger partial charge < -0.3 is 0 Å². The van der Waals surface area contributed by atoms with E-state index >= 15 is 0 Å². The Morgan fingerprint density at radius 2 is 1.23 bits per heavy atom. The molecule has 4 nitrogen and oxygen atoms in total. The monoisotopic (exact) mass is 397 g/mol. The number of anilines is 2. The van der Waals surface area contributed by atoms with Crippen molar-refractivity contribution in [3.8, 4) is 0 Å². The number of hydrogen-bond acceptors (Lipinski definition) is 3. The third kappa shape index (κ3) is 4.65. The lowest BCUT2D eigenvalue weighted by Crippen LogP contribution is -2.56. The Bertz CT molecular complexity index is 925. The van der Waals surface area contributed by atoms with Crippen LogP contribution in [0.5, 0.6) is 0 Å². The van der Waals surface area contributed by atoms with Gasteiger partial charge in [-0.1, -0.05) is 92.9 Å². The van der Waals surface area contributed by atoms with E-state index in [1.165, 1.54) is 19.3 Å². The first kappa shape index (κ1) is 20.0.